The van der Waals surface area contributed by atoms with Gasteiger partial charge in [0.05, 0.1) is 6.61 Å². The molecule has 0 aliphatic rings. The van der Waals surface area contributed by atoms with Crippen LogP contribution in [0.1, 0.15) is 30.0 Å². The topological polar surface area (TPSA) is 14.2 Å². The number of hydrogen-bond donors (Lipinski definition) is 0. The van der Waals surface area contributed by atoms with E-state index in [0.29, 0.717) is 6.61 Å². The molecule has 0 bridgehead atoms. The lowest BCUT2D eigenvalue weighted by atomic mass is 10.0. The van der Waals surface area contributed by atoms with Gasteiger partial charge in [-0.15, -0.1) is 0 Å². The summed E-state index contributed by atoms with van der Waals surface area (Å²) >= 11 is 0. The molecule has 0 radical (unpaired) electrons. The molecule has 1 heterocycles. The molecule has 0 saturated carbocycles. The van der Waals surface area contributed by atoms with Crippen molar-refractivity contribution in [2.45, 2.75) is 32.7 Å². The molecule has 0 atom stereocenters. The van der Waals surface area contributed by atoms with Gasteiger partial charge in [0.15, 0.2) is 0 Å². The molecule has 4 rings (SSSR count). The third-order valence-electron chi connectivity index (χ3n) is 5.14. The van der Waals surface area contributed by atoms with Crippen LogP contribution in [0.25, 0.3) is 10.8 Å². The lowest BCUT2D eigenvalue weighted by molar-refractivity contribution is 0.318. The Balaban J connectivity index is 1.45. The second kappa shape index (κ2) is 8.79. The zero-order chi connectivity index (χ0) is 19.2. The number of aryl methyl sites for hydroxylation is 1. The minimum Gasteiger partial charge on any atom is -0.493 e. The molecule has 0 aliphatic carbocycles. The van der Waals surface area contributed by atoms with E-state index in [1.54, 1.807) is 0 Å². The van der Waals surface area contributed by atoms with E-state index in [4.69, 9.17) is 4.74 Å². The van der Waals surface area contributed by atoms with E-state index in [0.717, 1.165) is 31.6 Å². The SMILES string of the molecule is CCCc1ccc(Cn2cccc2)cc1OCCc1ccc2ccccc2c1. The highest BCUT2D eigenvalue weighted by Gasteiger charge is 2.06. The maximum Gasteiger partial charge on any atom is 0.122 e. The zero-order valence-electron chi connectivity index (χ0n) is 16.5. The number of rotatable bonds is 8. The van der Waals surface area contributed by atoms with Crippen LogP contribution in [-0.2, 0) is 19.4 Å². The summed E-state index contributed by atoms with van der Waals surface area (Å²) in [6.07, 6.45) is 7.28. The van der Waals surface area contributed by atoms with Crippen LogP contribution < -0.4 is 4.74 Å². The van der Waals surface area contributed by atoms with Gasteiger partial charge in [-0.2, -0.15) is 0 Å². The van der Waals surface area contributed by atoms with E-state index >= 15 is 0 Å². The van der Waals surface area contributed by atoms with Crippen LogP contribution >= 0.6 is 0 Å². The zero-order valence-corrected chi connectivity index (χ0v) is 16.5. The van der Waals surface area contributed by atoms with Crippen LogP contribution in [0, 0.1) is 0 Å². The average molecular weight is 370 g/mol. The lowest BCUT2D eigenvalue weighted by Crippen LogP contribution is -2.05. The lowest BCUT2D eigenvalue weighted by Gasteiger charge is -2.14. The molecule has 142 valence electrons. The molecule has 0 unspecified atom stereocenters. The van der Waals surface area contributed by atoms with Gasteiger partial charge in [0.25, 0.3) is 0 Å². The van der Waals surface area contributed by atoms with Gasteiger partial charge in [0.2, 0.25) is 0 Å². The third-order valence-corrected chi connectivity index (χ3v) is 5.14. The Hall–Kier alpha value is -3.00. The van der Waals surface area contributed by atoms with Crippen molar-refractivity contribution < 1.29 is 4.74 Å². The normalized spacial score (nSPS) is 11.0. The summed E-state index contributed by atoms with van der Waals surface area (Å²) in [5.74, 6) is 1.03. The predicted molar refractivity (Wildman–Crippen MR) is 117 cm³/mol. The van der Waals surface area contributed by atoms with Gasteiger partial charge in [-0.05, 0) is 52.1 Å². The number of ether oxygens (including phenoxy) is 1. The minimum absolute atomic E-state index is 0.696. The molecule has 0 amide bonds. The van der Waals surface area contributed by atoms with Crippen LogP contribution in [0.3, 0.4) is 0 Å². The first-order valence-corrected chi connectivity index (χ1v) is 10.1. The molecule has 28 heavy (non-hydrogen) atoms. The molecule has 3 aromatic carbocycles. The fourth-order valence-corrected chi connectivity index (χ4v) is 3.67. The van der Waals surface area contributed by atoms with Gasteiger partial charge in [-0.1, -0.05) is 67.9 Å². The number of aromatic nitrogens is 1. The fraction of sp³-hybridized carbons (Fsp3) is 0.231. The Kier molecular flexibility index (Phi) is 5.77. The molecular weight excluding hydrogens is 342 g/mol. The maximum atomic E-state index is 6.26. The first-order chi connectivity index (χ1) is 13.8. The van der Waals surface area contributed by atoms with Crippen molar-refractivity contribution in [1.29, 1.82) is 0 Å². The molecule has 2 heteroatoms. The van der Waals surface area contributed by atoms with Gasteiger partial charge in [0, 0.05) is 25.4 Å². The molecule has 0 N–H and O–H groups in total. The van der Waals surface area contributed by atoms with Gasteiger partial charge >= 0.3 is 0 Å². The molecule has 0 aliphatic heterocycles. The van der Waals surface area contributed by atoms with Crippen molar-refractivity contribution in [3.63, 3.8) is 0 Å². The smallest absolute Gasteiger partial charge is 0.122 e. The average Bonchev–Trinajstić information content (AvgIpc) is 3.23. The van der Waals surface area contributed by atoms with Crippen molar-refractivity contribution in [3.8, 4) is 5.75 Å². The second-order valence-electron chi connectivity index (χ2n) is 7.33. The van der Waals surface area contributed by atoms with E-state index in [9.17, 15) is 0 Å². The molecule has 0 spiro atoms. The number of nitrogens with zero attached hydrogens (tertiary/aromatic N) is 1. The van der Waals surface area contributed by atoms with Gasteiger partial charge < -0.3 is 9.30 Å². The quantitative estimate of drug-likeness (QED) is 0.357. The summed E-state index contributed by atoms with van der Waals surface area (Å²) in [6.45, 7) is 3.79. The van der Waals surface area contributed by atoms with Gasteiger partial charge in [-0.3, -0.25) is 0 Å². The summed E-state index contributed by atoms with van der Waals surface area (Å²) in [5.41, 5.74) is 3.90. The Morgan fingerprint density at radius 1 is 0.750 bits per heavy atom. The Labute approximate surface area is 167 Å². The largest absolute Gasteiger partial charge is 0.493 e. The highest BCUT2D eigenvalue weighted by molar-refractivity contribution is 5.82. The Morgan fingerprint density at radius 3 is 2.36 bits per heavy atom. The van der Waals surface area contributed by atoms with Crippen molar-refractivity contribution in [3.05, 3.63) is 102 Å². The standard InChI is InChI=1S/C26H27NO/c1-2-7-24-13-11-22(20-27-15-5-6-16-27)19-26(24)28-17-14-21-10-12-23-8-3-4-9-25(23)18-21/h3-6,8-13,15-16,18-19H,2,7,14,17,20H2,1H3. The third kappa shape index (κ3) is 4.45. The van der Waals surface area contributed by atoms with Crippen LogP contribution in [0.4, 0.5) is 0 Å². The first-order valence-electron chi connectivity index (χ1n) is 10.1. The summed E-state index contributed by atoms with van der Waals surface area (Å²) in [5, 5.41) is 2.58. The van der Waals surface area contributed by atoms with Crippen molar-refractivity contribution >= 4 is 10.8 Å². The van der Waals surface area contributed by atoms with Gasteiger partial charge in [0.1, 0.15) is 5.75 Å². The van der Waals surface area contributed by atoms with E-state index in [2.05, 4.69) is 96.7 Å². The number of hydrogen-bond acceptors (Lipinski definition) is 1. The second-order valence-corrected chi connectivity index (χ2v) is 7.33. The maximum absolute atomic E-state index is 6.26. The highest BCUT2D eigenvalue weighted by Crippen LogP contribution is 2.23. The predicted octanol–water partition coefficient (Wildman–Crippen LogP) is 6.26. The van der Waals surface area contributed by atoms with Crippen molar-refractivity contribution in [1.82, 2.24) is 4.57 Å². The molecule has 0 saturated heterocycles. The van der Waals surface area contributed by atoms with Crippen molar-refractivity contribution in [2.75, 3.05) is 6.61 Å². The highest BCUT2D eigenvalue weighted by atomic mass is 16.5. The molecule has 0 fully saturated rings. The minimum atomic E-state index is 0.696. The molecule has 4 aromatic rings. The molecule has 2 nitrogen and oxygen atoms in total. The summed E-state index contributed by atoms with van der Waals surface area (Å²) in [4.78, 5) is 0. The van der Waals surface area contributed by atoms with Crippen LogP contribution in [0.2, 0.25) is 0 Å². The van der Waals surface area contributed by atoms with E-state index in [-0.39, 0.29) is 0 Å². The Morgan fingerprint density at radius 2 is 1.54 bits per heavy atom. The summed E-state index contributed by atoms with van der Waals surface area (Å²) in [6, 6.07) is 26.0. The van der Waals surface area contributed by atoms with Crippen LogP contribution in [0.5, 0.6) is 5.75 Å². The van der Waals surface area contributed by atoms with E-state index in [1.807, 2.05) is 0 Å². The first kappa shape index (κ1) is 18.4. The van der Waals surface area contributed by atoms with E-state index in [1.165, 1.54) is 27.5 Å². The summed E-state index contributed by atoms with van der Waals surface area (Å²) < 4.78 is 8.44. The van der Waals surface area contributed by atoms with Crippen LogP contribution in [-0.4, -0.2) is 11.2 Å². The monoisotopic (exact) mass is 369 g/mol. The van der Waals surface area contributed by atoms with E-state index < -0.39 is 0 Å². The van der Waals surface area contributed by atoms with Gasteiger partial charge in [-0.25, -0.2) is 0 Å². The number of benzene rings is 3. The van der Waals surface area contributed by atoms with Crippen LogP contribution in [0.15, 0.2) is 85.2 Å². The summed E-state index contributed by atoms with van der Waals surface area (Å²) in [7, 11) is 0. The number of fused-ring (bicyclic) bond motifs is 1. The van der Waals surface area contributed by atoms with Crippen molar-refractivity contribution in [2.24, 2.45) is 0 Å². The Bertz CT molecular complexity index is 1030. The molecule has 1 aromatic heterocycles. The molecular formula is C26H27NO. The fourth-order valence-electron chi connectivity index (χ4n) is 3.67.